The van der Waals surface area contributed by atoms with E-state index in [1.807, 2.05) is 0 Å². The predicted octanol–water partition coefficient (Wildman–Crippen LogP) is 2.17. The summed E-state index contributed by atoms with van der Waals surface area (Å²) in [5.74, 6) is 0. The van der Waals surface area contributed by atoms with Crippen LogP contribution < -0.4 is 10.0 Å². The number of ether oxygens (including phenoxy) is 1. The first kappa shape index (κ1) is 17.7. The lowest BCUT2D eigenvalue weighted by Crippen LogP contribution is -2.39. The van der Waals surface area contributed by atoms with Gasteiger partial charge in [0.2, 0.25) is 10.0 Å². The van der Waals surface area contributed by atoms with Gasteiger partial charge in [-0.2, -0.15) is 0 Å². The summed E-state index contributed by atoms with van der Waals surface area (Å²) in [5, 5.41) is 3.81. The highest BCUT2D eigenvalue weighted by Gasteiger charge is 2.20. The molecule has 2 N–H and O–H groups in total. The molecule has 0 amide bonds. The number of nitrogens with one attached hydrogen (secondary N) is 2. The van der Waals surface area contributed by atoms with Crippen molar-refractivity contribution in [2.45, 2.75) is 42.7 Å². The molecular formula is C15H23ClN2O3S. The van der Waals surface area contributed by atoms with Gasteiger partial charge in [-0.05, 0) is 43.9 Å². The number of halogens is 1. The van der Waals surface area contributed by atoms with E-state index in [2.05, 4.69) is 10.0 Å². The second-order valence-electron chi connectivity index (χ2n) is 5.52. The molecule has 1 aliphatic rings. The van der Waals surface area contributed by atoms with Crippen molar-refractivity contribution >= 4 is 21.6 Å². The second-order valence-corrected chi connectivity index (χ2v) is 7.72. The minimum absolute atomic E-state index is 0.195. The Morgan fingerprint density at radius 1 is 1.23 bits per heavy atom. The summed E-state index contributed by atoms with van der Waals surface area (Å²) in [5.41, 5.74) is 0. The molecule has 0 saturated heterocycles. The van der Waals surface area contributed by atoms with Gasteiger partial charge in [-0.1, -0.05) is 17.7 Å². The van der Waals surface area contributed by atoms with Crippen LogP contribution in [-0.2, 0) is 14.8 Å². The number of sulfonamides is 1. The smallest absolute Gasteiger partial charge is 0.240 e. The van der Waals surface area contributed by atoms with E-state index in [4.69, 9.17) is 16.3 Å². The molecule has 1 aromatic rings. The lowest BCUT2D eigenvalue weighted by atomic mass is 9.93. The number of hydrogen-bond donors (Lipinski definition) is 2. The van der Waals surface area contributed by atoms with Crippen LogP contribution in [0.5, 0.6) is 0 Å². The third-order valence-corrected chi connectivity index (χ3v) is 5.66. The van der Waals surface area contributed by atoms with Crippen LogP contribution in [0.2, 0.25) is 5.02 Å². The molecule has 0 atom stereocenters. The molecule has 0 unspecified atom stereocenters. The zero-order chi connectivity index (χ0) is 16.0. The van der Waals surface area contributed by atoms with Crippen molar-refractivity contribution in [1.82, 2.24) is 10.0 Å². The summed E-state index contributed by atoms with van der Waals surface area (Å²) < 4.78 is 32.1. The van der Waals surface area contributed by atoms with Gasteiger partial charge in [0.1, 0.15) is 0 Å². The zero-order valence-corrected chi connectivity index (χ0v) is 14.3. The van der Waals surface area contributed by atoms with Crippen LogP contribution in [0.1, 0.15) is 25.7 Å². The van der Waals surface area contributed by atoms with Gasteiger partial charge >= 0.3 is 0 Å². The van der Waals surface area contributed by atoms with Crippen molar-refractivity contribution in [2.75, 3.05) is 20.2 Å². The van der Waals surface area contributed by atoms with Gasteiger partial charge < -0.3 is 10.1 Å². The van der Waals surface area contributed by atoms with E-state index < -0.39 is 10.0 Å². The molecule has 7 heteroatoms. The monoisotopic (exact) mass is 346 g/mol. The topological polar surface area (TPSA) is 67.4 Å². The summed E-state index contributed by atoms with van der Waals surface area (Å²) in [6, 6.07) is 6.71. The summed E-state index contributed by atoms with van der Waals surface area (Å²) in [6.45, 7) is 0.973. The van der Waals surface area contributed by atoms with Crippen LogP contribution in [0.3, 0.4) is 0 Å². The van der Waals surface area contributed by atoms with Crippen molar-refractivity contribution < 1.29 is 13.2 Å². The van der Waals surface area contributed by atoms with Crippen LogP contribution in [0.4, 0.5) is 0 Å². The molecule has 0 heterocycles. The fourth-order valence-corrected chi connectivity index (χ4v) is 4.01. The van der Waals surface area contributed by atoms with E-state index in [0.717, 1.165) is 25.7 Å². The Morgan fingerprint density at radius 2 is 1.95 bits per heavy atom. The number of benzene rings is 1. The Balaban J connectivity index is 1.72. The van der Waals surface area contributed by atoms with E-state index in [0.29, 0.717) is 30.3 Å². The van der Waals surface area contributed by atoms with E-state index >= 15 is 0 Å². The first-order valence-electron chi connectivity index (χ1n) is 7.52. The molecule has 0 radical (unpaired) electrons. The largest absolute Gasteiger partial charge is 0.381 e. The molecule has 0 bridgehead atoms. The summed E-state index contributed by atoms with van der Waals surface area (Å²) in [7, 11) is -1.74. The standard InChI is InChI=1S/C15H23ClN2O3S/c1-21-14-7-5-13(6-8-14)17-9-10-18-22(19,20)15-4-2-3-12(16)11-15/h2-4,11,13-14,17-18H,5-10H2,1H3. The first-order chi connectivity index (χ1) is 10.5. The highest BCUT2D eigenvalue weighted by Crippen LogP contribution is 2.20. The Kier molecular flexibility index (Phi) is 6.65. The van der Waals surface area contributed by atoms with Crippen molar-refractivity contribution in [3.05, 3.63) is 29.3 Å². The molecule has 5 nitrogen and oxygen atoms in total. The van der Waals surface area contributed by atoms with Gasteiger partial charge in [-0.3, -0.25) is 0 Å². The van der Waals surface area contributed by atoms with Gasteiger partial charge in [-0.15, -0.1) is 0 Å². The van der Waals surface area contributed by atoms with Crippen molar-refractivity contribution in [3.8, 4) is 0 Å². The number of methoxy groups -OCH3 is 1. The Bertz CT molecular complexity index is 572. The van der Waals surface area contributed by atoms with Gasteiger partial charge in [-0.25, -0.2) is 13.1 Å². The van der Waals surface area contributed by atoms with Crippen molar-refractivity contribution in [1.29, 1.82) is 0 Å². The molecule has 1 aromatic carbocycles. The maximum Gasteiger partial charge on any atom is 0.240 e. The summed E-state index contributed by atoms with van der Waals surface area (Å²) in [4.78, 5) is 0.195. The van der Waals surface area contributed by atoms with E-state index in [-0.39, 0.29) is 4.90 Å². The SMILES string of the molecule is COC1CCC(NCCNS(=O)(=O)c2cccc(Cl)c2)CC1. The molecular weight excluding hydrogens is 324 g/mol. The third-order valence-electron chi connectivity index (χ3n) is 3.96. The molecule has 0 spiro atoms. The molecule has 1 saturated carbocycles. The van der Waals surface area contributed by atoms with Crippen molar-refractivity contribution in [3.63, 3.8) is 0 Å². The van der Waals surface area contributed by atoms with E-state index in [1.165, 1.54) is 12.1 Å². The third kappa shape index (κ3) is 5.21. The van der Waals surface area contributed by atoms with E-state index in [9.17, 15) is 8.42 Å². The van der Waals surface area contributed by atoms with Gasteiger partial charge in [0.05, 0.1) is 11.0 Å². The lowest BCUT2D eigenvalue weighted by molar-refractivity contribution is 0.0627. The number of rotatable bonds is 7. The molecule has 22 heavy (non-hydrogen) atoms. The van der Waals surface area contributed by atoms with Crippen LogP contribution in [0, 0.1) is 0 Å². The molecule has 0 aromatic heterocycles. The first-order valence-corrected chi connectivity index (χ1v) is 9.39. The maximum absolute atomic E-state index is 12.1. The average molecular weight is 347 g/mol. The quantitative estimate of drug-likeness (QED) is 0.742. The van der Waals surface area contributed by atoms with Gasteiger partial charge in [0.15, 0.2) is 0 Å². The minimum Gasteiger partial charge on any atom is -0.381 e. The van der Waals surface area contributed by atoms with Crippen LogP contribution >= 0.6 is 11.6 Å². The van der Waals surface area contributed by atoms with Crippen LogP contribution in [0.25, 0.3) is 0 Å². The predicted molar refractivity (Wildman–Crippen MR) is 87.7 cm³/mol. The maximum atomic E-state index is 12.1. The van der Waals surface area contributed by atoms with Crippen molar-refractivity contribution in [2.24, 2.45) is 0 Å². The summed E-state index contributed by atoms with van der Waals surface area (Å²) in [6.07, 6.45) is 4.63. The Labute approximate surface area is 137 Å². The van der Waals surface area contributed by atoms with Gasteiger partial charge in [0, 0.05) is 31.3 Å². The van der Waals surface area contributed by atoms with Crippen LogP contribution in [-0.4, -0.2) is 40.8 Å². The number of hydrogen-bond acceptors (Lipinski definition) is 4. The fraction of sp³-hybridized carbons (Fsp3) is 0.600. The summed E-state index contributed by atoms with van der Waals surface area (Å²) >= 11 is 5.82. The lowest BCUT2D eigenvalue weighted by Gasteiger charge is -2.28. The highest BCUT2D eigenvalue weighted by molar-refractivity contribution is 7.89. The fourth-order valence-electron chi connectivity index (χ4n) is 2.68. The minimum atomic E-state index is -3.49. The molecule has 1 fully saturated rings. The van der Waals surface area contributed by atoms with Gasteiger partial charge in [0.25, 0.3) is 0 Å². The Morgan fingerprint density at radius 3 is 2.59 bits per heavy atom. The van der Waals surface area contributed by atoms with Crippen LogP contribution in [0.15, 0.2) is 29.2 Å². The average Bonchev–Trinajstić information content (AvgIpc) is 2.52. The zero-order valence-electron chi connectivity index (χ0n) is 12.7. The van der Waals surface area contributed by atoms with E-state index in [1.54, 1.807) is 19.2 Å². The highest BCUT2D eigenvalue weighted by atomic mass is 35.5. The molecule has 1 aliphatic carbocycles. The molecule has 0 aliphatic heterocycles. The molecule has 124 valence electrons. The second kappa shape index (κ2) is 8.26. The Hall–Kier alpha value is -0.660. The normalized spacial score (nSPS) is 22.6. The molecule has 2 rings (SSSR count).